The van der Waals surface area contributed by atoms with E-state index < -0.39 is 24.1 Å². The van der Waals surface area contributed by atoms with Gasteiger partial charge in [0.05, 0.1) is 25.6 Å². The molecule has 1 aliphatic rings. The summed E-state index contributed by atoms with van der Waals surface area (Å²) in [5, 5.41) is 19.0. The van der Waals surface area contributed by atoms with Gasteiger partial charge in [0.1, 0.15) is 6.04 Å². The van der Waals surface area contributed by atoms with Crippen LogP contribution in [0.25, 0.3) is 0 Å². The van der Waals surface area contributed by atoms with Crippen LogP contribution in [0, 0.1) is 0 Å². The first kappa shape index (κ1) is 27.5. The van der Waals surface area contributed by atoms with Crippen molar-refractivity contribution in [3.05, 3.63) is 68.5 Å². The highest BCUT2D eigenvalue weighted by atomic mass is 32.1. The molecule has 0 radical (unpaired) electrons. The Balaban J connectivity index is 1.49. The summed E-state index contributed by atoms with van der Waals surface area (Å²) in [5.74, 6) is -0.180. The summed E-state index contributed by atoms with van der Waals surface area (Å²) in [6.07, 6.45) is 1.76. The fourth-order valence-electron chi connectivity index (χ4n) is 4.19. The first-order chi connectivity index (χ1) is 18.4. The number of carboxylic acid groups (broad SMARTS) is 1. The van der Waals surface area contributed by atoms with Crippen molar-refractivity contribution in [2.24, 2.45) is 0 Å². The highest BCUT2D eigenvalue weighted by molar-refractivity contribution is 7.10. The topological polar surface area (TPSA) is 117 Å². The highest BCUT2D eigenvalue weighted by Crippen LogP contribution is 2.34. The molecule has 1 aliphatic heterocycles. The molecule has 4 rings (SSSR count). The number of carboxylic acids is 1. The molecule has 0 fully saturated rings. The summed E-state index contributed by atoms with van der Waals surface area (Å²) in [7, 11) is 0. The second kappa shape index (κ2) is 13.3. The average Bonchev–Trinajstić information content (AvgIpc) is 3.68. The number of nitrogens with one attached hydrogen (secondary N) is 2. The van der Waals surface area contributed by atoms with E-state index in [1.165, 1.54) is 0 Å². The molecule has 2 aromatic heterocycles. The van der Waals surface area contributed by atoms with E-state index in [-0.39, 0.29) is 19.1 Å². The predicted octanol–water partition coefficient (Wildman–Crippen LogP) is 5.14. The number of fused-ring (bicyclic) bond motifs is 1. The molecule has 0 spiro atoms. The molecule has 2 atom stereocenters. The predicted molar refractivity (Wildman–Crippen MR) is 145 cm³/mol. The number of benzene rings is 1. The lowest BCUT2D eigenvalue weighted by molar-refractivity contribution is -0.137. The monoisotopic (exact) mass is 557 g/mol. The van der Waals surface area contributed by atoms with Crippen LogP contribution in [0.3, 0.4) is 0 Å². The van der Waals surface area contributed by atoms with Gasteiger partial charge in [-0.1, -0.05) is 38.0 Å². The van der Waals surface area contributed by atoms with E-state index in [0.29, 0.717) is 36.6 Å². The van der Waals surface area contributed by atoms with Crippen molar-refractivity contribution in [3.8, 4) is 11.5 Å². The first-order valence-electron chi connectivity index (χ1n) is 12.4. The lowest BCUT2D eigenvalue weighted by Gasteiger charge is -2.28. The number of hydrogen-bond donors (Lipinski definition) is 3. The van der Waals surface area contributed by atoms with Crippen molar-refractivity contribution < 1.29 is 29.0 Å². The van der Waals surface area contributed by atoms with Gasteiger partial charge in [0, 0.05) is 9.75 Å². The molecule has 0 unspecified atom stereocenters. The number of ether oxygens (including phenoxy) is 2. The molecule has 3 aromatic rings. The zero-order chi connectivity index (χ0) is 26.9. The fraction of sp³-hybridized carbons (Fsp3) is 0.370. The van der Waals surface area contributed by atoms with Crippen LogP contribution in [0.5, 0.6) is 11.5 Å². The van der Waals surface area contributed by atoms with Crippen LogP contribution in [0.2, 0.25) is 0 Å². The third kappa shape index (κ3) is 7.48. The SMILES string of the molecule is CCCC[C@H](NC(=O)N[C@@H](CC(=O)O)c1ccc2c(c1)OCO2)C(=O)N(Cc1cccs1)Cc1cccs1. The summed E-state index contributed by atoms with van der Waals surface area (Å²) in [5.41, 5.74) is 0.570. The van der Waals surface area contributed by atoms with Gasteiger partial charge in [-0.2, -0.15) is 0 Å². The number of unbranched alkanes of at least 4 members (excludes halogenated alkanes) is 1. The number of amides is 3. The summed E-state index contributed by atoms with van der Waals surface area (Å²) in [6, 6.07) is 10.8. The quantitative estimate of drug-likeness (QED) is 0.268. The minimum Gasteiger partial charge on any atom is -0.481 e. The summed E-state index contributed by atoms with van der Waals surface area (Å²) < 4.78 is 10.7. The Morgan fingerprint density at radius 1 is 1.00 bits per heavy atom. The first-order valence-corrected chi connectivity index (χ1v) is 14.2. The van der Waals surface area contributed by atoms with Crippen molar-refractivity contribution in [2.75, 3.05) is 6.79 Å². The molecule has 3 N–H and O–H groups in total. The molecule has 38 heavy (non-hydrogen) atoms. The van der Waals surface area contributed by atoms with Crippen molar-refractivity contribution >= 4 is 40.6 Å². The minimum atomic E-state index is -1.07. The van der Waals surface area contributed by atoms with E-state index in [1.54, 1.807) is 45.8 Å². The number of aliphatic carboxylic acids is 1. The van der Waals surface area contributed by atoms with E-state index in [1.807, 2.05) is 41.9 Å². The Labute approximate surface area is 229 Å². The molecule has 1 aromatic carbocycles. The zero-order valence-corrected chi connectivity index (χ0v) is 22.7. The second-order valence-corrected chi connectivity index (χ2v) is 11.0. The molecule has 202 valence electrons. The molecule has 0 aliphatic carbocycles. The zero-order valence-electron chi connectivity index (χ0n) is 21.1. The van der Waals surface area contributed by atoms with E-state index in [9.17, 15) is 19.5 Å². The van der Waals surface area contributed by atoms with E-state index in [0.717, 1.165) is 22.6 Å². The molecule has 0 bridgehead atoms. The van der Waals surface area contributed by atoms with Crippen LogP contribution >= 0.6 is 22.7 Å². The van der Waals surface area contributed by atoms with Gasteiger partial charge in [0.25, 0.3) is 0 Å². The van der Waals surface area contributed by atoms with Crippen LogP contribution in [0.15, 0.2) is 53.2 Å². The molecule has 3 amide bonds. The molecule has 0 saturated heterocycles. The largest absolute Gasteiger partial charge is 0.481 e. The third-order valence-electron chi connectivity index (χ3n) is 6.10. The number of carbonyl (C=O) groups is 3. The van der Waals surface area contributed by atoms with Crippen molar-refractivity contribution in [2.45, 2.75) is 57.8 Å². The van der Waals surface area contributed by atoms with Gasteiger partial charge in [0.2, 0.25) is 12.7 Å². The minimum absolute atomic E-state index is 0.0883. The van der Waals surface area contributed by atoms with Crippen LogP contribution in [0.4, 0.5) is 4.79 Å². The van der Waals surface area contributed by atoms with Gasteiger partial charge in [-0.05, 0) is 47.0 Å². The van der Waals surface area contributed by atoms with Gasteiger partial charge in [-0.25, -0.2) is 4.79 Å². The Morgan fingerprint density at radius 2 is 1.68 bits per heavy atom. The number of thiophene rings is 2. The number of nitrogens with zero attached hydrogens (tertiary/aromatic N) is 1. The van der Waals surface area contributed by atoms with Crippen molar-refractivity contribution in [1.29, 1.82) is 0 Å². The Morgan fingerprint density at radius 3 is 2.29 bits per heavy atom. The molecule has 0 saturated carbocycles. The van der Waals surface area contributed by atoms with Crippen LogP contribution in [0.1, 0.15) is 54.0 Å². The maximum Gasteiger partial charge on any atom is 0.315 e. The number of hydrogen-bond acceptors (Lipinski definition) is 7. The average molecular weight is 558 g/mol. The molecular weight excluding hydrogens is 526 g/mol. The normalized spacial score (nSPS) is 13.5. The summed E-state index contributed by atoms with van der Waals surface area (Å²) >= 11 is 3.16. The standard InChI is InChI=1S/C27H31N3O6S2/c1-2-3-8-21(26(33)30(15-19-6-4-11-37-19)16-20-7-5-12-38-20)28-27(34)29-22(14-25(31)32)18-9-10-23-24(13-18)36-17-35-23/h4-7,9-13,21-22H,2-3,8,14-17H2,1H3,(H,31,32)(H2,28,29,34)/t21-,22-/m0/s1. The lowest BCUT2D eigenvalue weighted by Crippen LogP contribution is -2.51. The second-order valence-electron chi connectivity index (χ2n) is 8.93. The van der Waals surface area contributed by atoms with E-state index in [4.69, 9.17) is 9.47 Å². The lowest BCUT2D eigenvalue weighted by atomic mass is 10.0. The van der Waals surface area contributed by atoms with Gasteiger partial charge < -0.3 is 30.1 Å². The highest BCUT2D eigenvalue weighted by Gasteiger charge is 2.28. The van der Waals surface area contributed by atoms with Crippen LogP contribution < -0.4 is 20.1 Å². The maximum absolute atomic E-state index is 13.8. The van der Waals surface area contributed by atoms with Gasteiger partial charge >= 0.3 is 12.0 Å². The molecule has 3 heterocycles. The number of rotatable bonds is 13. The van der Waals surface area contributed by atoms with Gasteiger partial charge in [-0.15, -0.1) is 22.7 Å². The van der Waals surface area contributed by atoms with Crippen molar-refractivity contribution in [3.63, 3.8) is 0 Å². The Bertz CT molecular complexity index is 1180. The molecule has 9 nitrogen and oxygen atoms in total. The van der Waals surface area contributed by atoms with Crippen LogP contribution in [-0.4, -0.2) is 40.7 Å². The van der Waals surface area contributed by atoms with Gasteiger partial charge in [0.15, 0.2) is 11.5 Å². The van der Waals surface area contributed by atoms with Crippen LogP contribution in [-0.2, 0) is 22.7 Å². The van der Waals surface area contributed by atoms with Gasteiger partial charge in [-0.3, -0.25) is 9.59 Å². The number of urea groups is 1. The summed E-state index contributed by atoms with van der Waals surface area (Å²) in [6.45, 7) is 3.00. The smallest absolute Gasteiger partial charge is 0.315 e. The third-order valence-corrected chi connectivity index (χ3v) is 7.82. The summed E-state index contributed by atoms with van der Waals surface area (Å²) in [4.78, 5) is 42.4. The number of carbonyl (C=O) groups excluding carboxylic acids is 2. The maximum atomic E-state index is 13.8. The van der Waals surface area contributed by atoms with Crippen molar-refractivity contribution in [1.82, 2.24) is 15.5 Å². The Hall–Kier alpha value is -3.57. The van der Waals surface area contributed by atoms with E-state index >= 15 is 0 Å². The fourth-order valence-corrected chi connectivity index (χ4v) is 5.63. The van der Waals surface area contributed by atoms with E-state index in [2.05, 4.69) is 10.6 Å². The molecule has 11 heteroatoms. The Kier molecular flexibility index (Phi) is 9.61. The molecular formula is C27H31N3O6S2.